The molecule has 0 radical (unpaired) electrons. The third-order valence-electron chi connectivity index (χ3n) is 1.73. The Bertz CT molecular complexity index is 163. The molecule has 1 rings (SSSR count). The van der Waals surface area contributed by atoms with Crippen molar-refractivity contribution < 1.29 is 14.7 Å². The summed E-state index contributed by atoms with van der Waals surface area (Å²) in [4.78, 5) is 15.9. The third-order valence-corrected chi connectivity index (χ3v) is 1.73. The highest BCUT2D eigenvalue weighted by Crippen LogP contribution is 2.05. The number of hydrogen-bond acceptors (Lipinski definition) is 4. The van der Waals surface area contributed by atoms with Crippen LogP contribution in [0.4, 0.5) is 0 Å². The quantitative estimate of drug-likeness (QED) is 0.560. The first-order chi connectivity index (χ1) is 5.72. The Morgan fingerprint density at radius 1 is 1.83 bits per heavy atom. The van der Waals surface area contributed by atoms with Gasteiger partial charge in [0.1, 0.15) is 0 Å². The summed E-state index contributed by atoms with van der Waals surface area (Å²) in [5.41, 5.74) is 0. The number of carbonyl (C=O) groups is 1. The maximum Gasteiger partial charge on any atom is 0.221 e. The minimum Gasteiger partial charge on any atom is -0.389 e. The lowest BCUT2D eigenvalue weighted by Crippen LogP contribution is -2.27. The predicted octanol–water partition coefficient (Wildman–Crippen LogP) is -1.27. The molecule has 0 saturated carbocycles. The summed E-state index contributed by atoms with van der Waals surface area (Å²) in [6.45, 7) is 1.38. The van der Waals surface area contributed by atoms with Gasteiger partial charge in [0.2, 0.25) is 5.91 Å². The fourth-order valence-corrected chi connectivity index (χ4v) is 1.04. The molecule has 0 aromatic rings. The Balaban J connectivity index is 2.11. The molecule has 70 valence electrons. The van der Waals surface area contributed by atoms with Gasteiger partial charge >= 0.3 is 0 Å². The van der Waals surface area contributed by atoms with E-state index >= 15 is 0 Å². The van der Waals surface area contributed by atoms with Gasteiger partial charge in [0.15, 0.2) is 0 Å². The summed E-state index contributed by atoms with van der Waals surface area (Å²) < 4.78 is 0. The van der Waals surface area contributed by atoms with Crippen LogP contribution in [0.2, 0.25) is 0 Å². The summed E-state index contributed by atoms with van der Waals surface area (Å²) in [6.07, 6.45) is -0.00172. The maximum absolute atomic E-state index is 10.8. The van der Waals surface area contributed by atoms with E-state index in [9.17, 15) is 4.79 Å². The zero-order chi connectivity index (χ0) is 8.97. The summed E-state index contributed by atoms with van der Waals surface area (Å²) in [7, 11) is 1.60. The van der Waals surface area contributed by atoms with Crippen LogP contribution in [0.1, 0.15) is 6.42 Å². The molecule has 0 bridgehead atoms. The van der Waals surface area contributed by atoms with Crippen LogP contribution in [0.5, 0.6) is 0 Å². The number of nitrogens with zero attached hydrogens (tertiary/aromatic N) is 1. The van der Waals surface area contributed by atoms with E-state index in [1.165, 1.54) is 0 Å². The zero-order valence-electron chi connectivity index (χ0n) is 7.12. The van der Waals surface area contributed by atoms with E-state index in [-0.39, 0.29) is 5.91 Å². The molecule has 12 heavy (non-hydrogen) atoms. The van der Waals surface area contributed by atoms with Gasteiger partial charge in [-0.1, -0.05) is 0 Å². The highest BCUT2D eigenvalue weighted by molar-refractivity contribution is 5.75. The summed E-state index contributed by atoms with van der Waals surface area (Å²) in [5.74, 6) is -0.0139. The monoisotopic (exact) mass is 174 g/mol. The van der Waals surface area contributed by atoms with Crippen LogP contribution in [-0.2, 0) is 9.63 Å². The predicted molar refractivity (Wildman–Crippen MR) is 42.2 cm³/mol. The summed E-state index contributed by atoms with van der Waals surface area (Å²) in [5, 5.41) is 13.2. The minimum absolute atomic E-state index is 0.0139. The SMILES string of the molecule is CNC(=O)CCN1CC(O)CO1. The fraction of sp³-hybridized carbons (Fsp3) is 0.857. The van der Waals surface area contributed by atoms with E-state index in [4.69, 9.17) is 9.94 Å². The molecule has 5 nitrogen and oxygen atoms in total. The first-order valence-electron chi connectivity index (χ1n) is 3.99. The van der Waals surface area contributed by atoms with Gasteiger partial charge in [0.25, 0.3) is 0 Å². The lowest BCUT2D eigenvalue weighted by Gasteiger charge is -2.11. The molecule has 1 aliphatic heterocycles. The molecule has 0 aromatic carbocycles. The number of aliphatic hydroxyl groups is 1. The highest BCUT2D eigenvalue weighted by atomic mass is 16.7. The molecule has 1 unspecified atom stereocenters. The number of hydrogen-bond donors (Lipinski definition) is 2. The van der Waals surface area contributed by atoms with Crippen molar-refractivity contribution in [1.29, 1.82) is 0 Å². The van der Waals surface area contributed by atoms with Gasteiger partial charge in [-0.15, -0.1) is 0 Å². The molecular formula is C7H14N2O3. The van der Waals surface area contributed by atoms with E-state index in [0.717, 1.165) is 0 Å². The minimum atomic E-state index is -0.408. The van der Waals surface area contributed by atoms with Gasteiger partial charge in [0.05, 0.1) is 19.3 Å². The molecular weight excluding hydrogens is 160 g/mol. The van der Waals surface area contributed by atoms with Crippen molar-refractivity contribution in [1.82, 2.24) is 10.4 Å². The van der Waals surface area contributed by atoms with E-state index < -0.39 is 6.10 Å². The van der Waals surface area contributed by atoms with Gasteiger partial charge in [-0.25, -0.2) is 0 Å². The zero-order valence-corrected chi connectivity index (χ0v) is 7.12. The number of carbonyl (C=O) groups excluding carboxylic acids is 1. The Morgan fingerprint density at radius 2 is 2.58 bits per heavy atom. The molecule has 1 saturated heterocycles. The highest BCUT2D eigenvalue weighted by Gasteiger charge is 2.21. The van der Waals surface area contributed by atoms with Crippen LogP contribution >= 0.6 is 0 Å². The molecule has 1 aliphatic rings. The van der Waals surface area contributed by atoms with Crippen LogP contribution in [0.3, 0.4) is 0 Å². The first kappa shape index (κ1) is 9.44. The molecule has 0 aromatic heterocycles. The number of nitrogens with one attached hydrogen (secondary N) is 1. The maximum atomic E-state index is 10.8. The van der Waals surface area contributed by atoms with Crippen LogP contribution in [0, 0.1) is 0 Å². The first-order valence-corrected chi connectivity index (χ1v) is 3.99. The normalized spacial score (nSPS) is 24.3. The molecule has 1 atom stereocenters. The smallest absolute Gasteiger partial charge is 0.221 e. The average molecular weight is 174 g/mol. The van der Waals surface area contributed by atoms with Gasteiger partial charge in [-0.05, 0) is 0 Å². The topological polar surface area (TPSA) is 61.8 Å². The Morgan fingerprint density at radius 3 is 3.08 bits per heavy atom. The lowest BCUT2D eigenvalue weighted by atomic mass is 10.3. The van der Waals surface area contributed by atoms with Crippen molar-refractivity contribution in [2.24, 2.45) is 0 Å². The van der Waals surface area contributed by atoms with Gasteiger partial charge in [-0.2, -0.15) is 5.06 Å². The second-order valence-corrected chi connectivity index (χ2v) is 2.76. The van der Waals surface area contributed by atoms with Crippen molar-refractivity contribution in [3.05, 3.63) is 0 Å². The molecule has 0 aliphatic carbocycles. The Hall–Kier alpha value is -0.650. The average Bonchev–Trinajstić information content (AvgIpc) is 2.47. The standard InChI is InChI=1S/C7H14N2O3/c1-8-7(11)2-3-9-4-6(10)5-12-9/h6,10H,2-5H2,1H3,(H,8,11). The second-order valence-electron chi connectivity index (χ2n) is 2.76. The van der Waals surface area contributed by atoms with Gasteiger partial charge in [-0.3, -0.25) is 9.63 Å². The Labute approximate surface area is 71.3 Å². The van der Waals surface area contributed by atoms with Crippen molar-refractivity contribution >= 4 is 5.91 Å². The van der Waals surface area contributed by atoms with Gasteiger partial charge in [0, 0.05) is 20.0 Å². The number of aliphatic hydroxyl groups excluding tert-OH is 1. The Kier molecular flexibility index (Phi) is 3.46. The van der Waals surface area contributed by atoms with Gasteiger partial charge < -0.3 is 10.4 Å². The van der Waals surface area contributed by atoms with Crippen molar-refractivity contribution in [2.45, 2.75) is 12.5 Å². The van der Waals surface area contributed by atoms with Crippen LogP contribution in [0.15, 0.2) is 0 Å². The number of hydroxylamine groups is 2. The van der Waals surface area contributed by atoms with Crippen molar-refractivity contribution in [3.8, 4) is 0 Å². The number of amides is 1. The fourth-order valence-electron chi connectivity index (χ4n) is 1.04. The lowest BCUT2D eigenvalue weighted by molar-refractivity contribution is -0.130. The van der Waals surface area contributed by atoms with Crippen molar-refractivity contribution in [3.63, 3.8) is 0 Å². The molecule has 0 spiro atoms. The van der Waals surface area contributed by atoms with E-state index in [1.54, 1.807) is 12.1 Å². The molecule has 1 amide bonds. The number of rotatable bonds is 3. The molecule has 1 heterocycles. The summed E-state index contributed by atoms with van der Waals surface area (Å²) in [6, 6.07) is 0. The largest absolute Gasteiger partial charge is 0.389 e. The van der Waals surface area contributed by atoms with E-state index in [1.807, 2.05) is 0 Å². The molecule has 2 N–H and O–H groups in total. The summed E-state index contributed by atoms with van der Waals surface area (Å²) >= 11 is 0. The van der Waals surface area contributed by atoms with E-state index in [2.05, 4.69) is 5.32 Å². The van der Waals surface area contributed by atoms with Crippen LogP contribution in [-0.4, -0.2) is 48.9 Å². The second kappa shape index (κ2) is 4.39. The molecule has 1 fully saturated rings. The third kappa shape index (κ3) is 2.77. The molecule has 5 heteroatoms. The van der Waals surface area contributed by atoms with Crippen LogP contribution < -0.4 is 5.32 Å². The number of β-amino-alcohol motifs (C(OH)–C–C–N with tert-alkyl or cyclic N) is 1. The van der Waals surface area contributed by atoms with E-state index in [0.29, 0.717) is 26.1 Å². The van der Waals surface area contributed by atoms with Crippen molar-refractivity contribution in [2.75, 3.05) is 26.7 Å². The van der Waals surface area contributed by atoms with Crippen LogP contribution in [0.25, 0.3) is 0 Å².